The topological polar surface area (TPSA) is 75.7 Å². The number of rotatable bonds is 5. The molecule has 2 aliphatic rings. The monoisotopic (exact) mass is 302 g/mol. The van der Waals surface area contributed by atoms with Gasteiger partial charge in [-0.05, 0) is 19.3 Å². The highest BCUT2D eigenvalue weighted by Gasteiger charge is 2.36. The number of nitrogens with one attached hydrogen (secondary N) is 1. The quantitative estimate of drug-likeness (QED) is 0.753. The average molecular weight is 302 g/mol. The van der Waals surface area contributed by atoms with Gasteiger partial charge < -0.3 is 15.0 Å². The second-order valence-electron chi connectivity index (χ2n) is 5.32. The zero-order valence-corrected chi connectivity index (χ0v) is 12.4. The van der Waals surface area contributed by atoms with E-state index in [9.17, 15) is 13.2 Å². The van der Waals surface area contributed by atoms with Gasteiger partial charge in [0.25, 0.3) is 0 Å². The van der Waals surface area contributed by atoms with Crippen LogP contribution in [0.15, 0.2) is 12.7 Å². The van der Waals surface area contributed by atoms with Crippen LogP contribution >= 0.6 is 0 Å². The van der Waals surface area contributed by atoms with Crippen molar-refractivity contribution in [3.63, 3.8) is 0 Å². The number of sulfone groups is 1. The van der Waals surface area contributed by atoms with Crippen LogP contribution in [-0.4, -0.2) is 62.7 Å². The molecule has 2 amide bonds. The first kappa shape index (κ1) is 15.3. The molecule has 6 nitrogen and oxygen atoms in total. The van der Waals surface area contributed by atoms with Crippen LogP contribution in [0.25, 0.3) is 0 Å². The number of carbonyl (C=O) groups is 1. The summed E-state index contributed by atoms with van der Waals surface area (Å²) >= 11 is 0. The van der Waals surface area contributed by atoms with E-state index >= 15 is 0 Å². The first-order chi connectivity index (χ1) is 9.52. The normalized spacial score (nSPS) is 28.2. The Morgan fingerprint density at radius 1 is 1.45 bits per heavy atom. The van der Waals surface area contributed by atoms with E-state index in [1.54, 1.807) is 11.0 Å². The van der Waals surface area contributed by atoms with Gasteiger partial charge in [0.15, 0.2) is 9.84 Å². The molecule has 2 fully saturated rings. The minimum atomic E-state index is -3.01. The Labute approximate surface area is 120 Å². The zero-order chi connectivity index (χ0) is 14.6. The van der Waals surface area contributed by atoms with Crippen molar-refractivity contribution >= 4 is 15.9 Å². The van der Waals surface area contributed by atoms with Gasteiger partial charge in [0, 0.05) is 25.7 Å². The van der Waals surface area contributed by atoms with Gasteiger partial charge in [-0.1, -0.05) is 6.08 Å². The predicted octanol–water partition coefficient (Wildman–Crippen LogP) is 0.550. The number of hydrogen-bond donors (Lipinski definition) is 1. The van der Waals surface area contributed by atoms with Gasteiger partial charge in [-0.3, -0.25) is 0 Å². The van der Waals surface area contributed by atoms with E-state index in [4.69, 9.17) is 4.74 Å². The smallest absolute Gasteiger partial charge is 0.318 e. The molecular formula is C13H22N2O4S. The molecule has 114 valence electrons. The standard InChI is InChI=1S/C13H22N2O4S/c1-2-6-14-13(16)15(9-12-4-3-7-19-12)11-5-8-20(17,18)10-11/h2,11-12H,1,3-10H2,(H,14,16)/t11-,12-/m0/s1. The van der Waals surface area contributed by atoms with E-state index in [1.807, 2.05) is 0 Å². The Bertz CT molecular complexity index is 457. The molecule has 0 aromatic carbocycles. The van der Waals surface area contributed by atoms with Crippen molar-refractivity contribution in [3.8, 4) is 0 Å². The van der Waals surface area contributed by atoms with Gasteiger partial charge in [0.05, 0.1) is 17.6 Å². The van der Waals surface area contributed by atoms with Gasteiger partial charge in [-0.2, -0.15) is 0 Å². The van der Waals surface area contributed by atoms with Crippen LogP contribution < -0.4 is 5.32 Å². The van der Waals surface area contributed by atoms with E-state index in [1.165, 1.54) is 0 Å². The van der Waals surface area contributed by atoms with Gasteiger partial charge in [-0.25, -0.2) is 13.2 Å². The lowest BCUT2D eigenvalue weighted by molar-refractivity contribution is 0.0724. The Kier molecular flexibility index (Phi) is 5.04. The van der Waals surface area contributed by atoms with E-state index in [0.717, 1.165) is 19.4 Å². The van der Waals surface area contributed by atoms with Gasteiger partial charge >= 0.3 is 6.03 Å². The molecule has 0 unspecified atom stereocenters. The molecule has 2 aliphatic heterocycles. The fraction of sp³-hybridized carbons (Fsp3) is 0.769. The molecule has 0 aliphatic carbocycles. The van der Waals surface area contributed by atoms with Gasteiger partial charge in [-0.15, -0.1) is 6.58 Å². The minimum Gasteiger partial charge on any atom is -0.376 e. The maximum absolute atomic E-state index is 12.2. The lowest BCUT2D eigenvalue weighted by atomic mass is 10.2. The van der Waals surface area contributed by atoms with Crippen LogP contribution in [0.2, 0.25) is 0 Å². The summed E-state index contributed by atoms with van der Waals surface area (Å²) in [5.41, 5.74) is 0. The second kappa shape index (κ2) is 6.58. The summed E-state index contributed by atoms with van der Waals surface area (Å²) in [6, 6.07) is -0.475. The molecule has 0 saturated carbocycles. The first-order valence-corrected chi connectivity index (χ1v) is 8.81. The van der Waals surface area contributed by atoms with Crippen molar-refractivity contribution in [2.75, 3.05) is 31.2 Å². The molecule has 2 heterocycles. The molecule has 2 rings (SSSR count). The summed E-state index contributed by atoms with van der Waals surface area (Å²) < 4.78 is 28.8. The fourth-order valence-corrected chi connectivity index (χ4v) is 4.42. The van der Waals surface area contributed by atoms with Crippen LogP contribution in [0.1, 0.15) is 19.3 Å². The summed E-state index contributed by atoms with van der Waals surface area (Å²) in [5, 5.41) is 2.73. The van der Waals surface area contributed by atoms with Crippen molar-refractivity contribution in [1.82, 2.24) is 10.2 Å². The fourth-order valence-electron chi connectivity index (χ4n) is 2.69. The number of ether oxygens (including phenoxy) is 1. The average Bonchev–Trinajstić information content (AvgIpc) is 3.02. The third-order valence-corrected chi connectivity index (χ3v) is 5.48. The first-order valence-electron chi connectivity index (χ1n) is 6.99. The van der Waals surface area contributed by atoms with Crippen molar-refractivity contribution < 1.29 is 17.9 Å². The van der Waals surface area contributed by atoms with Crippen molar-refractivity contribution in [1.29, 1.82) is 0 Å². The number of amides is 2. The van der Waals surface area contributed by atoms with E-state index in [-0.39, 0.29) is 29.7 Å². The summed E-state index contributed by atoms with van der Waals surface area (Å²) in [4.78, 5) is 13.8. The summed E-state index contributed by atoms with van der Waals surface area (Å²) in [6.45, 7) is 5.12. The molecular weight excluding hydrogens is 280 g/mol. The second-order valence-corrected chi connectivity index (χ2v) is 7.55. The molecule has 0 bridgehead atoms. The van der Waals surface area contributed by atoms with Gasteiger partial charge in [0.2, 0.25) is 0 Å². The summed E-state index contributed by atoms with van der Waals surface area (Å²) in [5.74, 6) is 0.218. The largest absolute Gasteiger partial charge is 0.376 e. The molecule has 0 radical (unpaired) electrons. The number of carbonyl (C=O) groups excluding carboxylic acids is 1. The van der Waals surface area contributed by atoms with Crippen LogP contribution in [0.3, 0.4) is 0 Å². The molecule has 20 heavy (non-hydrogen) atoms. The SMILES string of the molecule is C=CCNC(=O)N(C[C@@H]1CCCO1)[C@H]1CCS(=O)(=O)C1. The molecule has 1 N–H and O–H groups in total. The Morgan fingerprint density at radius 3 is 2.80 bits per heavy atom. The lowest BCUT2D eigenvalue weighted by Gasteiger charge is -2.30. The maximum Gasteiger partial charge on any atom is 0.318 e. The van der Waals surface area contributed by atoms with Crippen molar-refractivity contribution in [3.05, 3.63) is 12.7 Å². The highest BCUT2D eigenvalue weighted by molar-refractivity contribution is 7.91. The minimum absolute atomic E-state index is 0.0211. The molecule has 2 saturated heterocycles. The van der Waals surface area contributed by atoms with Crippen LogP contribution in [0.4, 0.5) is 4.79 Å². The van der Waals surface area contributed by atoms with Gasteiger partial charge in [0.1, 0.15) is 0 Å². The van der Waals surface area contributed by atoms with Crippen LogP contribution in [0, 0.1) is 0 Å². The molecule has 7 heteroatoms. The van der Waals surface area contributed by atoms with Crippen LogP contribution in [0.5, 0.6) is 0 Å². The molecule has 0 aromatic heterocycles. The maximum atomic E-state index is 12.2. The lowest BCUT2D eigenvalue weighted by Crippen LogP contribution is -2.49. The number of hydrogen-bond acceptors (Lipinski definition) is 4. The highest BCUT2D eigenvalue weighted by atomic mass is 32.2. The van der Waals surface area contributed by atoms with Crippen molar-refractivity contribution in [2.24, 2.45) is 0 Å². The Hall–Kier alpha value is -1.08. The number of urea groups is 1. The predicted molar refractivity (Wildman–Crippen MR) is 76.3 cm³/mol. The highest BCUT2D eigenvalue weighted by Crippen LogP contribution is 2.21. The Balaban J connectivity index is 2.02. The summed E-state index contributed by atoms with van der Waals surface area (Å²) in [7, 11) is -3.01. The summed E-state index contributed by atoms with van der Waals surface area (Å²) in [6.07, 6.45) is 4.05. The third kappa shape index (κ3) is 3.96. The number of nitrogens with zero attached hydrogens (tertiary/aromatic N) is 1. The third-order valence-electron chi connectivity index (χ3n) is 3.73. The zero-order valence-electron chi connectivity index (χ0n) is 11.6. The molecule has 2 atom stereocenters. The van der Waals surface area contributed by atoms with Crippen molar-refractivity contribution in [2.45, 2.75) is 31.4 Å². The molecule has 0 spiro atoms. The van der Waals surface area contributed by atoms with E-state index in [2.05, 4.69) is 11.9 Å². The van der Waals surface area contributed by atoms with E-state index in [0.29, 0.717) is 19.5 Å². The van der Waals surface area contributed by atoms with E-state index < -0.39 is 9.84 Å². The van der Waals surface area contributed by atoms with Crippen LogP contribution in [-0.2, 0) is 14.6 Å². The Morgan fingerprint density at radius 2 is 2.25 bits per heavy atom. The molecule has 0 aromatic rings.